The number of rotatable bonds is 0. The van der Waals surface area contributed by atoms with Gasteiger partial charge in [0.25, 0.3) is 0 Å². The Hall–Kier alpha value is -1.56. The summed E-state index contributed by atoms with van der Waals surface area (Å²) >= 11 is 0. The topological polar surface area (TPSA) is 56.6 Å². The number of ether oxygens (including phenoxy) is 2. The molecule has 6 heteroatoms. The van der Waals surface area contributed by atoms with E-state index < -0.39 is 5.60 Å². The SMILES string of the molecule is Cc1cnn2c1C1(CCN(C(=O)OC(C)(C)C)CC1)OC[C@@H]2C. The lowest BCUT2D eigenvalue weighted by atomic mass is 9.85. The average Bonchev–Trinajstić information content (AvgIpc) is 2.86. The van der Waals surface area contributed by atoms with Gasteiger partial charge in [-0.2, -0.15) is 5.10 Å². The van der Waals surface area contributed by atoms with Gasteiger partial charge in [-0.05, 0) is 53.0 Å². The van der Waals surface area contributed by atoms with E-state index in [1.165, 1.54) is 11.3 Å². The number of hydrogen-bond donors (Lipinski definition) is 0. The quantitative estimate of drug-likeness (QED) is 0.737. The van der Waals surface area contributed by atoms with E-state index in [4.69, 9.17) is 9.47 Å². The smallest absolute Gasteiger partial charge is 0.410 e. The Morgan fingerprint density at radius 3 is 2.65 bits per heavy atom. The van der Waals surface area contributed by atoms with Gasteiger partial charge >= 0.3 is 6.09 Å². The molecule has 0 radical (unpaired) electrons. The number of fused-ring (bicyclic) bond motifs is 2. The first kappa shape index (κ1) is 16.3. The Balaban J connectivity index is 1.75. The summed E-state index contributed by atoms with van der Waals surface area (Å²) in [5.74, 6) is 0. The maximum absolute atomic E-state index is 12.2. The van der Waals surface area contributed by atoms with Crippen LogP contribution in [-0.2, 0) is 15.1 Å². The largest absolute Gasteiger partial charge is 0.444 e. The van der Waals surface area contributed by atoms with Crippen molar-refractivity contribution in [3.63, 3.8) is 0 Å². The molecule has 23 heavy (non-hydrogen) atoms. The molecule has 0 bridgehead atoms. The molecule has 1 spiro atoms. The van der Waals surface area contributed by atoms with Crippen LogP contribution in [0.2, 0.25) is 0 Å². The predicted octanol–water partition coefficient (Wildman–Crippen LogP) is 3.01. The van der Waals surface area contributed by atoms with Gasteiger partial charge in [-0.25, -0.2) is 4.79 Å². The van der Waals surface area contributed by atoms with Crippen molar-refractivity contribution in [1.29, 1.82) is 0 Å². The van der Waals surface area contributed by atoms with Crippen LogP contribution < -0.4 is 0 Å². The molecule has 1 aromatic rings. The minimum absolute atomic E-state index is 0.234. The van der Waals surface area contributed by atoms with E-state index in [-0.39, 0.29) is 17.7 Å². The summed E-state index contributed by atoms with van der Waals surface area (Å²) in [7, 11) is 0. The van der Waals surface area contributed by atoms with Gasteiger partial charge < -0.3 is 14.4 Å². The van der Waals surface area contributed by atoms with Crippen LogP contribution >= 0.6 is 0 Å². The summed E-state index contributed by atoms with van der Waals surface area (Å²) in [6, 6.07) is 0.258. The Morgan fingerprint density at radius 2 is 2.04 bits per heavy atom. The van der Waals surface area contributed by atoms with E-state index in [1.54, 1.807) is 4.90 Å². The van der Waals surface area contributed by atoms with Crippen molar-refractivity contribution in [2.45, 2.75) is 64.7 Å². The number of carbonyl (C=O) groups excluding carboxylic acids is 1. The molecule has 1 fully saturated rings. The standard InChI is InChI=1S/C17H27N3O3/c1-12-10-18-20-13(2)11-22-17(14(12)20)6-8-19(9-7-17)15(21)23-16(3,4)5/h10,13H,6-9,11H2,1-5H3/t13-/m0/s1. The van der Waals surface area contributed by atoms with Crippen molar-refractivity contribution in [2.24, 2.45) is 0 Å². The molecule has 0 aliphatic carbocycles. The van der Waals surface area contributed by atoms with Crippen molar-refractivity contribution in [3.8, 4) is 0 Å². The lowest BCUT2D eigenvalue weighted by Crippen LogP contribution is -2.51. The van der Waals surface area contributed by atoms with E-state index >= 15 is 0 Å². The third-order valence-corrected chi connectivity index (χ3v) is 4.65. The maximum Gasteiger partial charge on any atom is 0.410 e. The van der Waals surface area contributed by atoms with Crippen molar-refractivity contribution in [1.82, 2.24) is 14.7 Å². The second-order valence-electron chi connectivity index (χ2n) is 7.74. The number of nitrogens with zero attached hydrogens (tertiary/aromatic N) is 3. The minimum Gasteiger partial charge on any atom is -0.444 e. The molecule has 2 aliphatic heterocycles. The summed E-state index contributed by atoms with van der Waals surface area (Å²) in [5.41, 5.74) is 1.58. The molecule has 0 aromatic carbocycles. The Morgan fingerprint density at radius 1 is 1.39 bits per heavy atom. The molecule has 0 saturated carbocycles. The number of hydrogen-bond acceptors (Lipinski definition) is 4. The van der Waals surface area contributed by atoms with Crippen LogP contribution in [0.15, 0.2) is 6.20 Å². The minimum atomic E-state index is -0.460. The van der Waals surface area contributed by atoms with Gasteiger partial charge in [0.1, 0.15) is 11.2 Å². The van der Waals surface area contributed by atoms with E-state index in [0.29, 0.717) is 19.7 Å². The molecule has 2 aliphatic rings. The summed E-state index contributed by atoms with van der Waals surface area (Å²) in [5, 5.41) is 4.52. The zero-order chi connectivity index (χ0) is 16.8. The Bertz CT molecular complexity index is 595. The van der Waals surface area contributed by atoms with Crippen molar-refractivity contribution in [3.05, 3.63) is 17.5 Å². The van der Waals surface area contributed by atoms with Gasteiger partial charge in [-0.3, -0.25) is 4.68 Å². The third-order valence-electron chi connectivity index (χ3n) is 4.65. The van der Waals surface area contributed by atoms with Crippen LogP contribution in [0.1, 0.15) is 57.8 Å². The molecule has 0 N–H and O–H groups in total. The highest BCUT2D eigenvalue weighted by molar-refractivity contribution is 5.68. The van der Waals surface area contributed by atoms with E-state index in [9.17, 15) is 4.79 Å². The van der Waals surface area contributed by atoms with Crippen LogP contribution in [0.3, 0.4) is 0 Å². The summed E-state index contributed by atoms with van der Waals surface area (Å²) in [4.78, 5) is 14.0. The number of amides is 1. The molecular formula is C17H27N3O3. The van der Waals surface area contributed by atoms with Gasteiger partial charge in [-0.15, -0.1) is 0 Å². The number of aryl methyl sites for hydroxylation is 1. The van der Waals surface area contributed by atoms with Crippen LogP contribution in [0, 0.1) is 6.92 Å². The number of aromatic nitrogens is 2. The molecular weight excluding hydrogens is 294 g/mol. The zero-order valence-corrected chi connectivity index (χ0v) is 14.8. The molecule has 3 rings (SSSR count). The highest BCUT2D eigenvalue weighted by Crippen LogP contribution is 2.42. The zero-order valence-electron chi connectivity index (χ0n) is 14.8. The summed E-state index contributed by atoms with van der Waals surface area (Å²) in [6.45, 7) is 11.8. The second kappa shape index (κ2) is 5.51. The molecule has 1 saturated heterocycles. The first-order valence-electron chi connectivity index (χ1n) is 8.38. The highest BCUT2D eigenvalue weighted by Gasteiger charge is 2.45. The number of likely N-dealkylation sites (tertiary alicyclic amines) is 1. The first-order valence-corrected chi connectivity index (χ1v) is 8.38. The van der Waals surface area contributed by atoms with Crippen LogP contribution in [0.4, 0.5) is 4.79 Å². The van der Waals surface area contributed by atoms with Gasteiger partial charge in [-0.1, -0.05) is 0 Å². The second-order valence-corrected chi connectivity index (χ2v) is 7.74. The molecule has 1 amide bonds. The van der Waals surface area contributed by atoms with Crippen molar-refractivity contribution >= 4 is 6.09 Å². The number of piperidine rings is 1. The summed E-state index contributed by atoms with van der Waals surface area (Å²) in [6.07, 6.45) is 3.25. The third kappa shape index (κ3) is 2.96. The predicted molar refractivity (Wildman–Crippen MR) is 86.3 cm³/mol. The molecule has 128 valence electrons. The number of carbonyl (C=O) groups is 1. The van der Waals surface area contributed by atoms with E-state index in [0.717, 1.165) is 12.8 Å². The van der Waals surface area contributed by atoms with Crippen LogP contribution in [-0.4, -0.2) is 46.1 Å². The molecule has 3 heterocycles. The van der Waals surface area contributed by atoms with Gasteiger partial charge in [0, 0.05) is 13.1 Å². The fourth-order valence-electron chi connectivity index (χ4n) is 3.53. The summed E-state index contributed by atoms with van der Waals surface area (Å²) < 4.78 is 13.8. The van der Waals surface area contributed by atoms with Gasteiger partial charge in [0.15, 0.2) is 0 Å². The maximum atomic E-state index is 12.2. The fraction of sp³-hybridized carbons (Fsp3) is 0.765. The van der Waals surface area contributed by atoms with Crippen molar-refractivity contribution < 1.29 is 14.3 Å². The van der Waals surface area contributed by atoms with Crippen LogP contribution in [0.25, 0.3) is 0 Å². The fourth-order valence-corrected chi connectivity index (χ4v) is 3.53. The first-order chi connectivity index (χ1) is 10.7. The van der Waals surface area contributed by atoms with E-state index in [1.807, 2.05) is 27.0 Å². The molecule has 1 atom stereocenters. The Kier molecular flexibility index (Phi) is 3.91. The van der Waals surface area contributed by atoms with E-state index in [2.05, 4.69) is 23.6 Å². The molecule has 6 nitrogen and oxygen atoms in total. The monoisotopic (exact) mass is 321 g/mol. The lowest BCUT2D eigenvalue weighted by molar-refractivity contribution is -0.123. The molecule has 0 unspecified atom stereocenters. The average molecular weight is 321 g/mol. The molecule has 1 aromatic heterocycles. The normalized spacial score (nSPS) is 23.7. The van der Waals surface area contributed by atoms with Crippen LogP contribution in [0.5, 0.6) is 0 Å². The van der Waals surface area contributed by atoms with Crippen molar-refractivity contribution in [2.75, 3.05) is 19.7 Å². The van der Waals surface area contributed by atoms with Gasteiger partial charge in [0.05, 0.1) is 24.5 Å². The highest BCUT2D eigenvalue weighted by atomic mass is 16.6. The lowest BCUT2D eigenvalue weighted by Gasteiger charge is -2.45. The Labute approximate surface area is 137 Å². The van der Waals surface area contributed by atoms with Gasteiger partial charge in [0.2, 0.25) is 0 Å².